The van der Waals surface area contributed by atoms with Gasteiger partial charge in [-0.05, 0) is 0 Å². The van der Waals surface area contributed by atoms with Gasteiger partial charge in [0.15, 0.2) is 0 Å². The van der Waals surface area contributed by atoms with E-state index < -0.39 is 34.7 Å². The Bertz CT molecular complexity index is 801. The number of esters is 2. The van der Waals surface area contributed by atoms with Gasteiger partial charge in [0.1, 0.15) is 0 Å². The van der Waals surface area contributed by atoms with Gasteiger partial charge in [-0.2, -0.15) is 0 Å². The highest BCUT2D eigenvalue weighted by molar-refractivity contribution is 6.33. The Balaban J connectivity index is 2.16. The summed E-state index contributed by atoms with van der Waals surface area (Å²) in [7, 11) is 0. The predicted molar refractivity (Wildman–Crippen MR) is 82.5 cm³/mol. The molecule has 1 heterocycles. The van der Waals surface area contributed by atoms with Gasteiger partial charge < -0.3 is 14.9 Å². The zero-order valence-electron chi connectivity index (χ0n) is 12.7. The largest absolute Gasteiger partial charge is 0.388 e. The summed E-state index contributed by atoms with van der Waals surface area (Å²) in [4.78, 5) is 49.4. The van der Waals surface area contributed by atoms with E-state index in [0.29, 0.717) is 0 Å². The Morgan fingerprint density at radius 3 is 1.32 bits per heavy atom. The van der Waals surface area contributed by atoms with Gasteiger partial charge in [-0.25, -0.2) is 9.59 Å². The molecule has 25 heavy (non-hydrogen) atoms. The molecule has 0 saturated carbocycles. The summed E-state index contributed by atoms with van der Waals surface area (Å²) in [6.07, 6.45) is 0. The maximum Gasteiger partial charge on any atom is 0.358 e. The lowest BCUT2D eigenvalue weighted by Gasteiger charge is -2.28. The van der Waals surface area contributed by atoms with Gasteiger partial charge in [0, 0.05) is 11.1 Å². The normalized spacial score (nSPS) is 25.5. The summed E-state index contributed by atoms with van der Waals surface area (Å²) in [5.41, 5.74) is -7.09. The molecule has 0 aliphatic carbocycles. The Morgan fingerprint density at radius 2 is 1.00 bits per heavy atom. The van der Waals surface area contributed by atoms with Gasteiger partial charge in [-0.1, -0.05) is 60.7 Å². The van der Waals surface area contributed by atoms with Crippen LogP contribution in [0.15, 0.2) is 60.7 Å². The van der Waals surface area contributed by atoms with Crippen molar-refractivity contribution in [2.45, 2.75) is 11.2 Å². The van der Waals surface area contributed by atoms with Gasteiger partial charge in [0.05, 0.1) is 0 Å². The van der Waals surface area contributed by atoms with E-state index in [4.69, 9.17) is 0 Å². The van der Waals surface area contributed by atoms with Crippen LogP contribution in [0.1, 0.15) is 20.7 Å². The van der Waals surface area contributed by atoms with Crippen LogP contribution in [0.5, 0.6) is 0 Å². The van der Waals surface area contributed by atoms with Crippen LogP contribution >= 0.6 is 0 Å². The first-order valence-corrected chi connectivity index (χ1v) is 7.24. The van der Waals surface area contributed by atoms with E-state index in [1.165, 1.54) is 48.5 Å². The molecule has 2 N–H and O–H groups in total. The summed E-state index contributed by atoms with van der Waals surface area (Å²) in [6, 6.07) is 14.1. The highest BCUT2D eigenvalue weighted by atomic mass is 16.6. The number of carbonyl (C=O) groups is 4. The van der Waals surface area contributed by atoms with Crippen molar-refractivity contribution in [3.63, 3.8) is 0 Å². The quantitative estimate of drug-likeness (QED) is 0.467. The van der Waals surface area contributed by atoms with Crippen molar-refractivity contribution in [2.75, 3.05) is 0 Å². The number of ketones is 2. The summed E-state index contributed by atoms with van der Waals surface area (Å²) in [6.45, 7) is 0. The molecule has 2 atom stereocenters. The lowest BCUT2D eigenvalue weighted by atomic mass is 9.75. The van der Waals surface area contributed by atoms with E-state index >= 15 is 0 Å². The fourth-order valence-corrected chi connectivity index (χ4v) is 2.64. The second-order valence-electron chi connectivity index (χ2n) is 5.49. The Labute approximate surface area is 141 Å². The maximum absolute atomic E-state index is 12.7. The van der Waals surface area contributed by atoms with E-state index in [9.17, 15) is 29.4 Å². The molecule has 7 nitrogen and oxygen atoms in total. The van der Waals surface area contributed by atoms with E-state index in [1.54, 1.807) is 12.1 Å². The summed E-state index contributed by atoms with van der Waals surface area (Å²) in [5, 5.41) is 21.4. The van der Waals surface area contributed by atoms with Crippen LogP contribution in [0.3, 0.4) is 0 Å². The zero-order chi connectivity index (χ0) is 18.2. The summed E-state index contributed by atoms with van der Waals surface area (Å²) >= 11 is 0. The predicted octanol–water partition coefficient (Wildman–Crippen LogP) is 0.298. The highest BCUT2D eigenvalue weighted by Gasteiger charge is 2.76. The smallest absolute Gasteiger partial charge is 0.358 e. The molecule has 3 rings (SSSR count). The molecule has 0 radical (unpaired) electrons. The Hall–Kier alpha value is -3.16. The summed E-state index contributed by atoms with van der Waals surface area (Å²) < 4.78 is 4.26. The van der Waals surface area contributed by atoms with E-state index in [0.717, 1.165) is 0 Å². The number of carbonyl (C=O) groups excluding carboxylic acids is 4. The van der Waals surface area contributed by atoms with Crippen LogP contribution in [-0.2, 0) is 14.3 Å². The number of cyclic esters (lactones) is 2. The minimum Gasteiger partial charge on any atom is -0.388 e. The monoisotopic (exact) mass is 340 g/mol. The van der Waals surface area contributed by atoms with Gasteiger partial charge in [-0.3, -0.25) is 9.59 Å². The number of rotatable bonds is 4. The first-order valence-electron chi connectivity index (χ1n) is 7.24. The Kier molecular flexibility index (Phi) is 3.82. The fraction of sp³-hybridized carbons (Fsp3) is 0.111. The number of hydrogen-bond acceptors (Lipinski definition) is 7. The van der Waals surface area contributed by atoms with Crippen LogP contribution in [0, 0.1) is 0 Å². The third-order valence-corrected chi connectivity index (χ3v) is 4.03. The molecule has 2 aromatic rings. The molecule has 2 aromatic carbocycles. The van der Waals surface area contributed by atoms with Crippen molar-refractivity contribution in [2.24, 2.45) is 0 Å². The molecule has 7 heteroatoms. The molecule has 0 bridgehead atoms. The molecule has 1 aliphatic rings. The van der Waals surface area contributed by atoms with Crippen molar-refractivity contribution < 1.29 is 34.1 Å². The number of ether oxygens (including phenoxy) is 1. The number of aliphatic hydroxyl groups is 2. The van der Waals surface area contributed by atoms with Crippen LogP contribution in [0.4, 0.5) is 0 Å². The van der Waals surface area contributed by atoms with Gasteiger partial charge in [-0.15, -0.1) is 0 Å². The minimum atomic E-state index is -3.38. The third kappa shape index (κ3) is 2.21. The van der Waals surface area contributed by atoms with Crippen molar-refractivity contribution in [1.29, 1.82) is 0 Å². The third-order valence-electron chi connectivity index (χ3n) is 4.03. The van der Waals surface area contributed by atoms with E-state index in [1.807, 2.05) is 0 Å². The summed E-state index contributed by atoms with van der Waals surface area (Å²) in [5.74, 6) is -6.01. The molecule has 1 saturated heterocycles. The molecular weight excluding hydrogens is 328 g/mol. The average molecular weight is 340 g/mol. The van der Waals surface area contributed by atoms with Crippen molar-refractivity contribution in [3.05, 3.63) is 71.8 Å². The van der Waals surface area contributed by atoms with Crippen LogP contribution in [0.2, 0.25) is 0 Å². The zero-order valence-corrected chi connectivity index (χ0v) is 12.7. The van der Waals surface area contributed by atoms with Crippen LogP contribution in [0.25, 0.3) is 0 Å². The number of hydrogen-bond donors (Lipinski definition) is 2. The van der Waals surface area contributed by atoms with Crippen molar-refractivity contribution in [1.82, 2.24) is 0 Å². The van der Waals surface area contributed by atoms with Crippen molar-refractivity contribution in [3.8, 4) is 0 Å². The topological polar surface area (TPSA) is 118 Å². The van der Waals surface area contributed by atoms with Crippen LogP contribution in [-0.4, -0.2) is 44.9 Å². The lowest BCUT2D eigenvalue weighted by Crippen LogP contribution is -2.65. The standard InChI is InChI=1S/C18H12O7/c19-13(11-7-3-1-4-8-11)17(23)15(21)25-16(22)18(17,24)14(20)12-9-5-2-6-10-12/h1-10,23-24H/t17-,18-/m1/s1. The second-order valence-corrected chi connectivity index (χ2v) is 5.49. The van der Waals surface area contributed by atoms with Gasteiger partial charge >= 0.3 is 11.9 Å². The van der Waals surface area contributed by atoms with E-state index in [-0.39, 0.29) is 11.1 Å². The van der Waals surface area contributed by atoms with Crippen molar-refractivity contribution >= 4 is 23.5 Å². The molecule has 1 aliphatic heterocycles. The molecular formula is C18H12O7. The van der Waals surface area contributed by atoms with Gasteiger partial charge in [0.2, 0.25) is 11.6 Å². The SMILES string of the molecule is O=C1OC(=O)[C@](O)(C(=O)c2ccccc2)[C@@]1(O)C(=O)c1ccccc1. The van der Waals surface area contributed by atoms with Gasteiger partial charge in [0.25, 0.3) is 11.2 Å². The average Bonchev–Trinajstić information content (AvgIpc) is 2.83. The molecule has 126 valence electrons. The highest BCUT2D eigenvalue weighted by Crippen LogP contribution is 2.37. The first kappa shape index (κ1) is 16.7. The number of Topliss-reactive ketones (excluding diaryl/α,β-unsaturated/α-hetero) is 2. The fourth-order valence-electron chi connectivity index (χ4n) is 2.64. The molecule has 0 amide bonds. The first-order chi connectivity index (χ1) is 11.8. The molecule has 0 spiro atoms. The lowest BCUT2D eigenvalue weighted by molar-refractivity contribution is -0.157. The van der Waals surface area contributed by atoms with E-state index in [2.05, 4.69) is 4.74 Å². The second kappa shape index (κ2) is 5.73. The van der Waals surface area contributed by atoms with Crippen LogP contribution < -0.4 is 0 Å². The number of benzene rings is 2. The minimum absolute atomic E-state index is 0.170. The molecule has 0 unspecified atom stereocenters. The Morgan fingerprint density at radius 1 is 0.680 bits per heavy atom. The molecule has 0 aromatic heterocycles. The molecule has 1 fully saturated rings. The maximum atomic E-state index is 12.7.